The fourth-order valence-corrected chi connectivity index (χ4v) is 1.17. The van der Waals surface area contributed by atoms with E-state index < -0.39 is 0 Å². The normalized spacial score (nSPS) is 10.9. The van der Waals surface area contributed by atoms with Crippen molar-refractivity contribution in [2.24, 2.45) is 4.99 Å². The molecule has 0 aliphatic rings. The summed E-state index contributed by atoms with van der Waals surface area (Å²) >= 11 is 0. The van der Waals surface area contributed by atoms with E-state index in [2.05, 4.69) is 25.8 Å². The predicted octanol–water partition coefficient (Wildman–Crippen LogP) is 0.698. The van der Waals surface area contributed by atoms with Gasteiger partial charge >= 0.3 is 0 Å². The first-order chi connectivity index (χ1) is 8.26. The fourth-order valence-electron chi connectivity index (χ4n) is 1.17. The number of ether oxygens (including phenoxy) is 1. The molecule has 0 aromatic carbocycles. The molecule has 1 heterocycles. The molecule has 8 heteroatoms. The lowest BCUT2D eigenvalue weighted by atomic mass is 10.6. The van der Waals surface area contributed by atoms with Gasteiger partial charge < -0.3 is 19.9 Å². The maximum atomic E-state index is 4.95. The van der Waals surface area contributed by atoms with Crippen LogP contribution in [0.3, 0.4) is 0 Å². The van der Waals surface area contributed by atoms with Gasteiger partial charge in [-0.1, -0.05) is 5.16 Å². The average molecular weight is 369 g/mol. The Morgan fingerprint density at radius 3 is 2.78 bits per heavy atom. The van der Waals surface area contributed by atoms with Gasteiger partial charge in [0.1, 0.15) is 6.54 Å². The van der Waals surface area contributed by atoms with Crippen molar-refractivity contribution >= 4 is 29.9 Å². The van der Waals surface area contributed by atoms with Gasteiger partial charge in [0.15, 0.2) is 11.8 Å². The van der Waals surface area contributed by atoms with E-state index >= 15 is 0 Å². The van der Waals surface area contributed by atoms with Crippen LogP contribution in [0.2, 0.25) is 0 Å². The highest BCUT2D eigenvalue weighted by atomic mass is 127. The minimum Gasteiger partial charge on any atom is -0.383 e. The van der Waals surface area contributed by atoms with E-state index in [1.807, 2.05) is 6.92 Å². The SMILES string of the molecule is CCNC(=NCc1noc(C)n1)NCCOC.I. The van der Waals surface area contributed by atoms with Crippen molar-refractivity contribution in [3.05, 3.63) is 11.7 Å². The van der Waals surface area contributed by atoms with E-state index in [-0.39, 0.29) is 24.0 Å². The first-order valence-corrected chi connectivity index (χ1v) is 5.56. The number of guanidine groups is 1. The van der Waals surface area contributed by atoms with Crippen LogP contribution in [0.5, 0.6) is 0 Å². The average Bonchev–Trinajstić information content (AvgIpc) is 2.72. The lowest BCUT2D eigenvalue weighted by molar-refractivity contribution is 0.203. The molecule has 0 atom stereocenters. The Labute approximate surface area is 124 Å². The molecular formula is C10H20IN5O2. The minimum atomic E-state index is 0. The number of aryl methyl sites for hydroxylation is 1. The maximum absolute atomic E-state index is 4.95. The summed E-state index contributed by atoms with van der Waals surface area (Å²) in [5, 5.41) is 10.0. The second-order valence-corrected chi connectivity index (χ2v) is 3.34. The predicted molar refractivity (Wildman–Crippen MR) is 79.1 cm³/mol. The van der Waals surface area contributed by atoms with Crippen LogP contribution >= 0.6 is 24.0 Å². The Morgan fingerprint density at radius 2 is 2.22 bits per heavy atom. The summed E-state index contributed by atoms with van der Waals surface area (Å²) < 4.78 is 9.82. The van der Waals surface area contributed by atoms with Crippen molar-refractivity contribution in [3.63, 3.8) is 0 Å². The summed E-state index contributed by atoms with van der Waals surface area (Å²) in [6, 6.07) is 0. The van der Waals surface area contributed by atoms with Crippen molar-refractivity contribution in [2.45, 2.75) is 20.4 Å². The minimum absolute atomic E-state index is 0. The summed E-state index contributed by atoms with van der Waals surface area (Å²) in [6.45, 7) is 6.28. The second kappa shape index (κ2) is 10.1. The Hall–Kier alpha value is -0.900. The molecule has 0 amide bonds. The smallest absolute Gasteiger partial charge is 0.223 e. The molecule has 2 N–H and O–H groups in total. The number of rotatable bonds is 6. The molecule has 0 fully saturated rings. The quantitative estimate of drug-likeness (QED) is 0.332. The van der Waals surface area contributed by atoms with Gasteiger partial charge in [-0.3, -0.25) is 0 Å². The van der Waals surface area contributed by atoms with Crippen LogP contribution in [0.25, 0.3) is 0 Å². The van der Waals surface area contributed by atoms with E-state index in [1.165, 1.54) is 0 Å². The summed E-state index contributed by atoms with van der Waals surface area (Å²) in [5.41, 5.74) is 0. The van der Waals surface area contributed by atoms with Gasteiger partial charge in [0, 0.05) is 27.1 Å². The highest BCUT2D eigenvalue weighted by molar-refractivity contribution is 14.0. The third-order valence-corrected chi connectivity index (χ3v) is 1.89. The van der Waals surface area contributed by atoms with Crippen LogP contribution in [0, 0.1) is 6.92 Å². The first kappa shape index (κ1) is 17.1. The van der Waals surface area contributed by atoms with E-state index in [9.17, 15) is 0 Å². The van der Waals surface area contributed by atoms with Gasteiger partial charge in [-0.15, -0.1) is 24.0 Å². The molecule has 0 aliphatic carbocycles. The molecule has 0 aliphatic heterocycles. The Balaban J connectivity index is 0.00000289. The molecule has 0 bridgehead atoms. The monoisotopic (exact) mass is 369 g/mol. The first-order valence-electron chi connectivity index (χ1n) is 5.56. The van der Waals surface area contributed by atoms with Crippen LogP contribution in [0.4, 0.5) is 0 Å². The zero-order valence-corrected chi connectivity index (χ0v) is 13.2. The highest BCUT2D eigenvalue weighted by Crippen LogP contribution is 1.96. The van der Waals surface area contributed by atoms with Crippen molar-refractivity contribution < 1.29 is 9.26 Å². The fraction of sp³-hybridized carbons (Fsp3) is 0.700. The van der Waals surface area contributed by atoms with Gasteiger partial charge in [0.2, 0.25) is 5.89 Å². The van der Waals surface area contributed by atoms with E-state index in [4.69, 9.17) is 9.26 Å². The van der Waals surface area contributed by atoms with Crippen LogP contribution in [-0.4, -0.2) is 42.9 Å². The standard InChI is InChI=1S/C10H19N5O2.HI/c1-4-11-10(12-5-6-16-3)13-7-9-14-8(2)17-15-9;/h4-7H2,1-3H3,(H2,11,12,13);1H. The highest BCUT2D eigenvalue weighted by Gasteiger charge is 2.02. The van der Waals surface area contributed by atoms with Gasteiger partial charge in [-0.05, 0) is 6.92 Å². The molecule has 0 saturated heterocycles. The summed E-state index contributed by atoms with van der Waals surface area (Å²) in [7, 11) is 1.66. The summed E-state index contributed by atoms with van der Waals surface area (Å²) in [4.78, 5) is 8.40. The zero-order chi connectivity index (χ0) is 12.5. The Kier molecular flexibility index (Phi) is 9.56. The number of hydrogen-bond donors (Lipinski definition) is 2. The van der Waals surface area contributed by atoms with Crippen molar-refractivity contribution in [2.75, 3.05) is 26.8 Å². The van der Waals surface area contributed by atoms with Crippen molar-refractivity contribution in [3.8, 4) is 0 Å². The number of aromatic nitrogens is 2. The van der Waals surface area contributed by atoms with E-state index in [0.29, 0.717) is 37.4 Å². The Bertz CT molecular complexity index is 356. The number of nitrogens with one attached hydrogen (secondary N) is 2. The largest absolute Gasteiger partial charge is 0.383 e. The molecule has 7 nitrogen and oxygen atoms in total. The summed E-state index contributed by atoms with van der Waals surface area (Å²) in [6.07, 6.45) is 0. The third kappa shape index (κ3) is 6.74. The van der Waals surface area contributed by atoms with E-state index in [1.54, 1.807) is 14.0 Å². The number of nitrogens with zero attached hydrogens (tertiary/aromatic N) is 3. The third-order valence-electron chi connectivity index (χ3n) is 1.89. The number of aliphatic imine (C=N–C) groups is 1. The lowest BCUT2D eigenvalue weighted by Crippen LogP contribution is -2.38. The van der Waals surface area contributed by atoms with Gasteiger partial charge in [-0.25, -0.2) is 4.99 Å². The molecule has 0 unspecified atom stereocenters. The molecule has 104 valence electrons. The van der Waals surface area contributed by atoms with Crippen LogP contribution in [0.15, 0.2) is 9.52 Å². The molecule has 0 radical (unpaired) electrons. The van der Waals surface area contributed by atoms with Crippen LogP contribution in [-0.2, 0) is 11.3 Å². The van der Waals surface area contributed by atoms with Gasteiger partial charge in [0.25, 0.3) is 0 Å². The molecule has 18 heavy (non-hydrogen) atoms. The van der Waals surface area contributed by atoms with Crippen LogP contribution < -0.4 is 10.6 Å². The number of halogens is 1. The van der Waals surface area contributed by atoms with E-state index in [0.717, 1.165) is 6.54 Å². The molecule has 1 aromatic heterocycles. The van der Waals surface area contributed by atoms with Crippen LogP contribution in [0.1, 0.15) is 18.6 Å². The molecule has 0 saturated carbocycles. The summed E-state index contributed by atoms with van der Waals surface area (Å²) in [5.74, 6) is 1.84. The van der Waals surface area contributed by atoms with Crippen molar-refractivity contribution in [1.29, 1.82) is 0 Å². The number of hydrogen-bond acceptors (Lipinski definition) is 5. The second-order valence-electron chi connectivity index (χ2n) is 3.34. The van der Waals surface area contributed by atoms with Crippen molar-refractivity contribution in [1.82, 2.24) is 20.8 Å². The topological polar surface area (TPSA) is 84.6 Å². The lowest BCUT2D eigenvalue weighted by Gasteiger charge is -2.09. The number of methoxy groups -OCH3 is 1. The van der Waals surface area contributed by atoms with Gasteiger partial charge in [0.05, 0.1) is 6.61 Å². The molecule has 0 spiro atoms. The zero-order valence-electron chi connectivity index (χ0n) is 10.9. The molecular weight excluding hydrogens is 349 g/mol. The Morgan fingerprint density at radius 1 is 1.44 bits per heavy atom. The van der Waals surface area contributed by atoms with Gasteiger partial charge in [-0.2, -0.15) is 4.98 Å². The molecule has 1 rings (SSSR count). The maximum Gasteiger partial charge on any atom is 0.223 e. The molecule has 1 aromatic rings.